The summed E-state index contributed by atoms with van der Waals surface area (Å²) in [6.45, 7) is 45.7. The van der Waals surface area contributed by atoms with E-state index in [9.17, 15) is 0 Å². The van der Waals surface area contributed by atoms with E-state index in [2.05, 4.69) is 153 Å². The minimum Gasteiger partial charge on any atom is -0.493 e. The zero-order valence-electron chi connectivity index (χ0n) is 85.3. The zero-order chi connectivity index (χ0) is 93.0. The first-order chi connectivity index (χ1) is 66.2. The van der Waals surface area contributed by atoms with Crippen LogP contribution in [-0.4, -0.2) is 346 Å². The normalized spacial score (nSPS) is 22.2. The summed E-state index contributed by atoms with van der Waals surface area (Å²) in [6.07, 6.45) is 46.3. The van der Waals surface area contributed by atoms with Crippen LogP contribution < -0.4 is 59.1 Å². The Bertz CT molecular complexity index is 4060. The van der Waals surface area contributed by atoms with Gasteiger partial charge in [0.25, 0.3) is 0 Å². The predicted molar refractivity (Wildman–Crippen MR) is 555 cm³/mol. The monoisotopic (exact) mass is 1860 g/mol. The molecule has 135 heavy (non-hydrogen) atoms. The SMILES string of the molecule is COc1cc2c(NC3CCN(C4CCCCC4)CC3)nc(N3CCCN(C(C)C)CC3)nc2cc1OCCCN1CCCCC1.COc1cc2c(NC3CCN(C4CCCCC4)CC3)nc(N3CCCN(C(C)C)CC3)nc2cc1OCCCN1CCCCC1.COc1cc2c(NC3CCN(C4CCCCC4)CC3)nc(N3CCCN(C(C)C)CC3)nc2cc1OCCCN1CCCCC1. The minimum atomic E-state index is 0.410. The molecule has 9 saturated heterocycles. The number of likely N-dealkylation sites (tertiary alicyclic amines) is 6. The van der Waals surface area contributed by atoms with E-state index in [0.717, 1.165) is 296 Å². The number of benzene rings is 3. The number of hydrogen-bond donors (Lipinski definition) is 3. The maximum atomic E-state index is 6.37. The topological polar surface area (TPSA) is 208 Å². The second kappa shape index (κ2) is 51.9. The van der Waals surface area contributed by atoms with E-state index in [1.807, 2.05) is 0 Å². The number of ether oxygens (including phenoxy) is 6. The van der Waals surface area contributed by atoms with Gasteiger partial charge in [-0.05, 0) is 253 Å². The number of hydrogen-bond acceptors (Lipinski definition) is 27. The van der Waals surface area contributed by atoms with Crippen molar-refractivity contribution in [3.05, 3.63) is 36.4 Å². The van der Waals surface area contributed by atoms with Gasteiger partial charge in [-0.2, -0.15) is 15.0 Å². The first kappa shape index (κ1) is 101. The summed E-state index contributed by atoms with van der Waals surface area (Å²) in [6, 6.07) is 17.9. The molecule has 0 bridgehead atoms. The molecule has 27 heteroatoms. The fourth-order valence-electron chi connectivity index (χ4n) is 24.0. The highest BCUT2D eigenvalue weighted by atomic mass is 16.5. The summed E-state index contributed by atoms with van der Waals surface area (Å²) >= 11 is 0. The lowest BCUT2D eigenvalue weighted by Gasteiger charge is -2.39. The van der Waals surface area contributed by atoms with Crippen molar-refractivity contribution in [2.45, 2.75) is 327 Å². The van der Waals surface area contributed by atoms with E-state index >= 15 is 0 Å². The fraction of sp³-hybridized carbons (Fsp3) is 0.778. The largest absolute Gasteiger partial charge is 0.493 e. The Morgan fingerprint density at radius 2 is 0.526 bits per heavy atom. The standard InChI is InChI=1S/3C36H59N7O2/c3*1-28(2)41-19-10-20-43(24-23-41)36-38-32-27-34(45-25-11-18-40-16-8-5-9-17-40)33(44-3)26-31(32)35(39-36)37-29-14-21-42(22-15-29)30-12-6-4-7-13-30/h3*26-30H,4-25H2,1-3H3,(H,37,38,39). The highest BCUT2D eigenvalue weighted by Crippen LogP contribution is 2.42. The third-order valence-electron chi connectivity index (χ3n) is 32.4. The van der Waals surface area contributed by atoms with E-state index in [-0.39, 0.29) is 0 Å². The van der Waals surface area contributed by atoms with Crippen LogP contribution in [0.2, 0.25) is 0 Å². The smallest absolute Gasteiger partial charge is 0.227 e. The van der Waals surface area contributed by atoms with Crippen molar-refractivity contribution < 1.29 is 28.4 Å². The molecule has 3 N–H and O–H groups in total. The first-order valence-electron chi connectivity index (χ1n) is 55.0. The number of anilines is 6. The second-order valence-electron chi connectivity index (χ2n) is 42.6. The van der Waals surface area contributed by atoms with E-state index in [1.165, 1.54) is 233 Å². The fourth-order valence-corrected chi connectivity index (χ4v) is 24.0. The molecule has 12 heterocycles. The third kappa shape index (κ3) is 28.7. The molecule has 0 spiro atoms. The van der Waals surface area contributed by atoms with Crippen molar-refractivity contribution in [1.29, 1.82) is 0 Å². The molecule has 3 aromatic carbocycles. The maximum absolute atomic E-state index is 6.37. The van der Waals surface area contributed by atoms with Gasteiger partial charge in [0.2, 0.25) is 17.8 Å². The molecule has 0 amide bonds. The van der Waals surface area contributed by atoms with Crippen LogP contribution in [0.5, 0.6) is 34.5 Å². The molecule has 12 fully saturated rings. The predicted octanol–water partition coefficient (Wildman–Crippen LogP) is 18.1. The highest BCUT2D eigenvalue weighted by molar-refractivity contribution is 5.95. The van der Waals surface area contributed by atoms with Gasteiger partial charge in [-0.15, -0.1) is 0 Å². The molecule has 3 aromatic heterocycles. The molecule has 12 aliphatic rings. The van der Waals surface area contributed by atoms with Crippen LogP contribution in [0.4, 0.5) is 35.3 Å². The first-order valence-corrected chi connectivity index (χ1v) is 55.0. The van der Waals surface area contributed by atoms with Gasteiger partial charge < -0.3 is 88.5 Å². The molecule has 3 saturated carbocycles. The molecule has 27 nitrogen and oxygen atoms in total. The molecule has 0 atom stereocenters. The van der Waals surface area contributed by atoms with Crippen molar-refractivity contribution in [1.82, 2.24) is 74.0 Å². The lowest BCUT2D eigenvalue weighted by Crippen LogP contribution is -2.45. The van der Waals surface area contributed by atoms with Gasteiger partial charge in [-0.25, -0.2) is 15.0 Å². The van der Waals surface area contributed by atoms with Crippen LogP contribution in [0.3, 0.4) is 0 Å². The molecule has 0 unspecified atom stereocenters. The van der Waals surface area contributed by atoms with E-state index in [4.69, 9.17) is 58.3 Å². The van der Waals surface area contributed by atoms with Gasteiger partial charge in [0.1, 0.15) is 17.5 Å². The molecule has 18 rings (SSSR count). The van der Waals surface area contributed by atoms with Crippen molar-refractivity contribution in [3.8, 4) is 34.5 Å². The van der Waals surface area contributed by atoms with Crippen LogP contribution in [0.15, 0.2) is 36.4 Å². The number of nitrogens with zero attached hydrogens (tertiary/aromatic N) is 18. The lowest BCUT2D eigenvalue weighted by molar-refractivity contribution is 0.126. The lowest BCUT2D eigenvalue weighted by atomic mass is 9.92. The van der Waals surface area contributed by atoms with Crippen molar-refractivity contribution in [3.63, 3.8) is 0 Å². The van der Waals surface area contributed by atoms with E-state index < -0.39 is 0 Å². The molecule has 9 aliphatic heterocycles. The van der Waals surface area contributed by atoms with Gasteiger partial charge in [-0.1, -0.05) is 77.0 Å². The summed E-state index contributed by atoms with van der Waals surface area (Å²) in [7, 11) is 5.22. The van der Waals surface area contributed by atoms with Gasteiger partial charge in [0.05, 0.1) is 57.7 Å². The van der Waals surface area contributed by atoms with Gasteiger partial charge in [0.15, 0.2) is 34.5 Å². The summed E-state index contributed by atoms with van der Waals surface area (Å²) in [5.41, 5.74) is 2.79. The van der Waals surface area contributed by atoms with Gasteiger partial charge >= 0.3 is 0 Å². The van der Waals surface area contributed by atoms with Gasteiger partial charge in [0, 0.05) is 226 Å². The second-order valence-corrected chi connectivity index (χ2v) is 42.6. The van der Waals surface area contributed by atoms with Gasteiger partial charge in [-0.3, -0.25) is 14.7 Å². The Labute approximate surface area is 812 Å². The van der Waals surface area contributed by atoms with Crippen molar-refractivity contribution in [2.75, 3.05) is 249 Å². The van der Waals surface area contributed by atoms with Crippen molar-refractivity contribution >= 4 is 68.0 Å². The zero-order valence-corrected chi connectivity index (χ0v) is 85.3. The maximum Gasteiger partial charge on any atom is 0.227 e. The van der Waals surface area contributed by atoms with Crippen LogP contribution in [0.1, 0.15) is 273 Å². The quantitative estimate of drug-likeness (QED) is 0.0327. The molecular formula is C108H177N21O6. The Hall–Kier alpha value is -7.08. The number of nitrogens with one attached hydrogen (secondary N) is 3. The Morgan fingerprint density at radius 1 is 0.267 bits per heavy atom. The summed E-state index contributed by atoms with van der Waals surface area (Å²) in [5, 5.41) is 14.8. The van der Waals surface area contributed by atoms with Crippen LogP contribution in [0.25, 0.3) is 32.7 Å². The number of methoxy groups -OCH3 is 3. The van der Waals surface area contributed by atoms with E-state index in [1.54, 1.807) is 21.3 Å². The summed E-state index contributed by atoms with van der Waals surface area (Å²) in [4.78, 5) is 62.1. The van der Waals surface area contributed by atoms with Crippen molar-refractivity contribution in [2.24, 2.45) is 0 Å². The third-order valence-corrected chi connectivity index (χ3v) is 32.4. The average molecular weight is 1870 g/mol. The number of fused-ring (bicyclic) bond motifs is 3. The van der Waals surface area contributed by atoms with Crippen LogP contribution in [-0.2, 0) is 0 Å². The minimum absolute atomic E-state index is 0.410. The van der Waals surface area contributed by atoms with E-state index in [0.29, 0.717) is 56.1 Å². The Morgan fingerprint density at radius 3 is 0.778 bits per heavy atom. The number of piperidine rings is 6. The molecular weight excluding hydrogens is 1690 g/mol. The van der Waals surface area contributed by atoms with Crippen LogP contribution >= 0.6 is 0 Å². The van der Waals surface area contributed by atoms with Crippen LogP contribution in [0, 0.1) is 0 Å². The molecule has 750 valence electrons. The molecule has 0 radical (unpaired) electrons. The number of aromatic nitrogens is 6. The number of rotatable bonds is 33. The molecule has 6 aromatic rings. The molecule has 3 aliphatic carbocycles. The summed E-state index contributed by atoms with van der Waals surface area (Å²) < 4.78 is 36.8. The Balaban J connectivity index is 0.000000147. The average Bonchev–Trinajstić information content (AvgIpc) is 0.792. The summed E-state index contributed by atoms with van der Waals surface area (Å²) in [5.74, 6) is 9.91. The Kier molecular flexibility index (Phi) is 38.8. The highest BCUT2D eigenvalue weighted by Gasteiger charge is 2.35.